The van der Waals surface area contributed by atoms with E-state index in [1.165, 1.54) is 126 Å². The Bertz CT molecular complexity index is 3550. The predicted octanol–water partition coefficient (Wildman–Crippen LogP) is 11.3. The zero-order valence-corrected chi connectivity index (χ0v) is 29.7. The van der Waals surface area contributed by atoms with E-state index < -0.39 is 0 Å². The van der Waals surface area contributed by atoms with E-state index in [0.29, 0.717) is 0 Å². The van der Waals surface area contributed by atoms with Gasteiger partial charge in [-0.05, 0) is 113 Å². The van der Waals surface area contributed by atoms with Gasteiger partial charge in [0, 0.05) is 44.0 Å². The molecule has 0 unspecified atom stereocenters. The number of para-hydroxylation sites is 2. The van der Waals surface area contributed by atoms with Crippen LogP contribution < -0.4 is 16.4 Å². The maximum atomic E-state index is 2.61. The minimum atomic E-state index is 0.0947. The molecule has 2 nitrogen and oxygen atoms in total. The number of aromatic nitrogens is 2. The molecule has 3 heteroatoms. The lowest BCUT2D eigenvalue weighted by Crippen LogP contribution is -2.59. The van der Waals surface area contributed by atoms with Gasteiger partial charge in [0.1, 0.15) is 0 Å². The third-order valence-corrected chi connectivity index (χ3v) is 13.0. The van der Waals surface area contributed by atoms with Crippen molar-refractivity contribution in [3.8, 4) is 22.5 Å². The van der Waals surface area contributed by atoms with Crippen LogP contribution in [0.3, 0.4) is 0 Å². The monoisotopic (exact) mass is 692 g/mol. The van der Waals surface area contributed by atoms with Crippen LogP contribution in [-0.4, -0.2) is 15.8 Å². The van der Waals surface area contributed by atoms with Crippen LogP contribution in [0.1, 0.15) is 0 Å². The minimum absolute atomic E-state index is 0.0947. The minimum Gasteiger partial charge on any atom is -0.310 e. The summed E-state index contributed by atoms with van der Waals surface area (Å²) in [6, 6.07) is 66.6. The molecule has 2 aliphatic rings. The fourth-order valence-electron chi connectivity index (χ4n) is 10.7. The van der Waals surface area contributed by atoms with E-state index in [1.807, 2.05) is 0 Å². The van der Waals surface area contributed by atoms with Crippen LogP contribution in [0.4, 0.5) is 0 Å². The molecule has 250 valence electrons. The Morgan fingerprint density at radius 3 is 1.35 bits per heavy atom. The lowest BCUT2D eigenvalue weighted by molar-refractivity contribution is 1.15. The van der Waals surface area contributed by atoms with Gasteiger partial charge in [-0.2, -0.15) is 0 Å². The first kappa shape index (κ1) is 28.4. The van der Waals surface area contributed by atoms with Crippen molar-refractivity contribution in [2.75, 3.05) is 0 Å². The van der Waals surface area contributed by atoms with E-state index in [2.05, 4.69) is 185 Å². The number of fused-ring (bicyclic) bond motifs is 15. The topological polar surface area (TPSA) is 9.86 Å². The summed E-state index contributed by atoms with van der Waals surface area (Å²) in [4.78, 5) is 0. The molecule has 55 heavy (non-hydrogen) atoms. The van der Waals surface area contributed by atoms with E-state index in [1.54, 1.807) is 0 Å². The highest BCUT2D eigenvalue weighted by Gasteiger charge is 2.41. The first-order valence-electron chi connectivity index (χ1n) is 19.3. The second-order valence-corrected chi connectivity index (χ2v) is 15.6. The Morgan fingerprint density at radius 2 is 0.782 bits per heavy atom. The van der Waals surface area contributed by atoms with Crippen molar-refractivity contribution in [3.63, 3.8) is 0 Å². The van der Waals surface area contributed by atoms with Gasteiger partial charge in [0.15, 0.2) is 0 Å². The fraction of sp³-hybridized carbons (Fsp3) is 0. The number of nitrogens with zero attached hydrogens (tertiary/aromatic N) is 2. The number of hydrogen-bond donors (Lipinski definition) is 0. The third-order valence-electron chi connectivity index (χ3n) is 13.0. The van der Waals surface area contributed by atoms with Crippen LogP contribution in [0.15, 0.2) is 176 Å². The average molecular weight is 693 g/mol. The van der Waals surface area contributed by atoms with Gasteiger partial charge in [-0.1, -0.05) is 133 Å². The average Bonchev–Trinajstić information content (AvgIpc) is 3.74. The van der Waals surface area contributed by atoms with E-state index in [0.717, 1.165) is 0 Å². The summed E-state index contributed by atoms with van der Waals surface area (Å²) >= 11 is 0. The SMILES string of the molecule is c1ccc2cc3c(cc2c1)c1cccc2c1n3-c1cc(-c3cc4ccccc4c4ccccc34)cc3c1B2c1cccc2c4cc5ccccc5cc4n-3c12. The van der Waals surface area contributed by atoms with E-state index >= 15 is 0 Å². The zero-order valence-electron chi connectivity index (χ0n) is 29.7. The maximum Gasteiger partial charge on any atom is 0.252 e. The van der Waals surface area contributed by atoms with Gasteiger partial charge in [0.05, 0.1) is 11.0 Å². The molecule has 2 aromatic heterocycles. The zero-order chi connectivity index (χ0) is 35.5. The molecule has 12 aromatic rings. The van der Waals surface area contributed by atoms with E-state index in [4.69, 9.17) is 0 Å². The summed E-state index contributed by atoms with van der Waals surface area (Å²) in [6.07, 6.45) is 0. The van der Waals surface area contributed by atoms with Gasteiger partial charge in [-0.3, -0.25) is 0 Å². The van der Waals surface area contributed by atoms with Gasteiger partial charge in [0.2, 0.25) is 0 Å². The van der Waals surface area contributed by atoms with Gasteiger partial charge in [0.25, 0.3) is 6.71 Å². The second-order valence-electron chi connectivity index (χ2n) is 15.6. The van der Waals surface area contributed by atoms with Crippen molar-refractivity contribution in [2.45, 2.75) is 0 Å². The molecule has 0 N–H and O–H groups in total. The van der Waals surface area contributed by atoms with Gasteiger partial charge in [-0.15, -0.1) is 0 Å². The Hall–Kier alpha value is -7.10. The van der Waals surface area contributed by atoms with E-state index in [-0.39, 0.29) is 6.71 Å². The van der Waals surface area contributed by atoms with Gasteiger partial charge in [-0.25, -0.2) is 0 Å². The van der Waals surface area contributed by atoms with Gasteiger partial charge < -0.3 is 9.13 Å². The third kappa shape index (κ3) is 3.48. The Balaban J connectivity index is 1.22. The largest absolute Gasteiger partial charge is 0.310 e. The normalized spacial score (nSPS) is 13.1. The van der Waals surface area contributed by atoms with Crippen LogP contribution in [0.2, 0.25) is 0 Å². The van der Waals surface area contributed by atoms with Crippen LogP contribution in [0, 0.1) is 0 Å². The molecule has 0 atom stereocenters. The predicted molar refractivity (Wildman–Crippen MR) is 235 cm³/mol. The molecule has 2 aliphatic heterocycles. The molecular weight excluding hydrogens is 663 g/mol. The molecule has 0 radical (unpaired) electrons. The Kier molecular flexibility index (Phi) is 5.12. The number of rotatable bonds is 1. The summed E-state index contributed by atoms with van der Waals surface area (Å²) in [5.41, 5.74) is 14.3. The van der Waals surface area contributed by atoms with Crippen molar-refractivity contribution in [1.82, 2.24) is 9.13 Å². The van der Waals surface area contributed by atoms with Gasteiger partial charge >= 0.3 is 0 Å². The fourth-order valence-corrected chi connectivity index (χ4v) is 10.7. The van der Waals surface area contributed by atoms with Crippen LogP contribution in [-0.2, 0) is 0 Å². The number of benzene rings is 10. The molecule has 0 spiro atoms. The smallest absolute Gasteiger partial charge is 0.252 e. The standard InChI is InChI=1S/C52H29BN2/c1-3-13-32-26-46-42(23-30(32)11-1)39-19-9-21-44-51(39)54(46)48-28-35(41-25-34-15-5-6-16-36(34)37-17-7-8-18-38(37)41)29-49-50(48)53(44)45-22-10-20-40-43-24-31-12-2-4-14-33(31)27-47(43)55(49)52(40)45/h1-29H. The summed E-state index contributed by atoms with van der Waals surface area (Å²) in [5.74, 6) is 0. The molecule has 0 bridgehead atoms. The molecule has 0 fully saturated rings. The lowest BCUT2D eigenvalue weighted by atomic mass is 9.34. The highest BCUT2D eigenvalue weighted by Crippen LogP contribution is 2.43. The van der Waals surface area contributed by atoms with Crippen molar-refractivity contribution in [1.29, 1.82) is 0 Å². The molecule has 10 aromatic carbocycles. The lowest BCUT2D eigenvalue weighted by Gasteiger charge is -2.34. The first-order valence-corrected chi connectivity index (χ1v) is 19.3. The second kappa shape index (κ2) is 9.90. The van der Waals surface area contributed by atoms with Crippen molar-refractivity contribution in [3.05, 3.63) is 176 Å². The molecule has 4 heterocycles. The van der Waals surface area contributed by atoms with Crippen molar-refractivity contribution in [2.24, 2.45) is 0 Å². The molecule has 0 aliphatic carbocycles. The van der Waals surface area contributed by atoms with Crippen LogP contribution in [0.5, 0.6) is 0 Å². The summed E-state index contributed by atoms with van der Waals surface area (Å²) in [7, 11) is 0. The van der Waals surface area contributed by atoms with E-state index in [9.17, 15) is 0 Å². The molecular formula is C52H29BN2. The summed E-state index contributed by atoms with van der Waals surface area (Å²) in [6.45, 7) is 0.0947. The summed E-state index contributed by atoms with van der Waals surface area (Å²) < 4.78 is 5.22. The highest BCUT2D eigenvalue weighted by molar-refractivity contribution is 7.00. The summed E-state index contributed by atoms with van der Waals surface area (Å²) in [5, 5.41) is 15.4. The maximum absolute atomic E-state index is 2.61. The molecule has 0 saturated carbocycles. The molecule has 14 rings (SSSR count). The highest BCUT2D eigenvalue weighted by atomic mass is 15.0. The van der Waals surface area contributed by atoms with Crippen molar-refractivity contribution >= 4 is 110 Å². The first-order chi connectivity index (χ1) is 27.3. The van der Waals surface area contributed by atoms with Crippen molar-refractivity contribution < 1.29 is 0 Å². The molecule has 0 saturated heterocycles. The molecule has 0 amide bonds. The Morgan fingerprint density at radius 1 is 0.327 bits per heavy atom. The Labute approximate surface area is 316 Å². The quantitative estimate of drug-likeness (QED) is 0.120. The van der Waals surface area contributed by atoms with Crippen LogP contribution >= 0.6 is 0 Å². The van der Waals surface area contributed by atoms with Crippen LogP contribution in [0.25, 0.3) is 109 Å². The number of hydrogen-bond acceptors (Lipinski definition) is 0.